The van der Waals surface area contributed by atoms with Crippen LogP contribution in [0.1, 0.15) is 23.7 Å². The Kier molecular flexibility index (Phi) is 6.47. The van der Waals surface area contributed by atoms with Crippen molar-refractivity contribution in [1.29, 1.82) is 0 Å². The highest BCUT2D eigenvalue weighted by atomic mass is 35.5. The van der Waals surface area contributed by atoms with Gasteiger partial charge in [-0.3, -0.25) is 9.59 Å². The molecule has 128 valence electrons. The first-order chi connectivity index (χ1) is 10.3. The minimum atomic E-state index is -3.14. The number of anilines is 1. The highest BCUT2D eigenvalue weighted by Crippen LogP contribution is 2.38. The predicted molar refractivity (Wildman–Crippen MR) is 85.9 cm³/mol. The Balaban J connectivity index is 0.00000264. The summed E-state index contributed by atoms with van der Waals surface area (Å²) in [6, 6.07) is 6.18. The van der Waals surface area contributed by atoms with Crippen LogP contribution in [-0.4, -0.2) is 30.8 Å². The average molecular weight is 348 g/mol. The fourth-order valence-electron chi connectivity index (χ4n) is 2.04. The molecule has 0 aliphatic heterocycles. The van der Waals surface area contributed by atoms with E-state index < -0.39 is 24.9 Å². The van der Waals surface area contributed by atoms with Gasteiger partial charge in [-0.1, -0.05) is 13.0 Å². The first-order valence-electron chi connectivity index (χ1n) is 7.09. The number of rotatable bonds is 6. The van der Waals surface area contributed by atoms with Crippen LogP contribution >= 0.6 is 12.4 Å². The fourth-order valence-corrected chi connectivity index (χ4v) is 2.04. The number of benzene rings is 1. The van der Waals surface area contributed by atoms with Crippen molar-refractivity contribution < 1.29 is 18.4 Å². The molecule has 2 rings (SSSR count). The number of amides is 2. The molecule has 4 N–H and O–H groups in total. The molecule has 0 radical (unpaired) electrons. The number of carbonyl (C=O) groups excluding carboxylic acids is 2. The van der Waals surface area contributed by atoms with Crippen molar-refractivity contribution in [2.24, 2.45) is 17.6 Å². The second kappa shape index (κ2) is 7.70. The highest BCUT2D eigenvalue weighted by molar-refractivity contribution is 5.98. The lowest BCUT2D eigenvalue weighted by atomic mass is 10.1. The number of halogens is 3. The lowest BCUT2D eigenvalue weighted by molar-refractivity contribution is -0.117. The second-order valence-corrected chi connectivity index (χ2v) is 5.63. The molecule has 1 saturated carbocycles. The zero-order valence-electron chi connectivity index (χ0n) is 12.6. The summed E-state index contributed by atoms with van der Waals surface area (Å²) in [5, 5.41) is 4.86. The fraction of sp³-hybridized carbons (Fsp3) is 0.467. The zero-order chi connectivity index (χ0) is 16.3. The normalized spacial score (nSPS) is 19.5. The Morgan fingerprint density at radius 1 is 1.39 bits per heavy atom. The van der Waals surface area contributed by atoms with Gasteiger partial charge in [0.15, 0.2) is 0 Å². The van der Waals surface area contributed by atoms with Crippen molar-refractivity contribution in [1.82, 2.24) is 5.32 Å². The quantitative estimate of drug-likeness (QED) is 0.736. The molecular formula is C15H20ClF2N3O2. The number of alkyl halides is 2. The van der Waals surface area contributed by atoms with Gasteiger partial charge in [-0.15, -0.1) is 12.4 Å². The molecule has 0 aromatic heterocycles. The van der Waals surface area contributed by atoms with Gasteiger partial charge in [0.25, 0.3) is 11.8 Å². The van der Waals surface area contributed by atoms with Crippen LogP contribution in [0.5, 0.6) is 0 Å². The third-order valence-corrected chi connectivity index (χ3v) is 3.64. The molecule has 1 aliphatic carbocycles. The Hall–Kier alpha value is -1.73. The Morgan fingerprint density at radius 2 is 2.04 bits per heavy atom. The van der Waals surface area contributed by atoms with Crippen LogP contribution in [0.25, 0.3) is 0 Å². The molecule has 0 saturated heterocycles. The number of carbonyl (C=O) groups is 2. The number of nitrogens with one attached hydrogen (secondary N) is 2. The van der Waals surface area contributed by atoms with Crippen LogP contribution in [0.3, 0.4) is 0 Å². The topological polar surface area (TPSA) is 84.2 Å². The molecule has 23 heavy (non-hydrogen) atoms. The predicted octanol–water partition coefficient (Wildman–Crippen LogP) is 2.03. The smallest absolute Gasteiger partial charge is 0.277 e. The van der Waals surface area contributed by atoms with Crippen LogP contribution < -0.4 is 16.4 Å². The maximum atomic E-state index is 13.0. The van der Waals surface area contributed by atoms with E-state index in [0.29, 0.717) is 11.6 Å². The zero-order valence-corrected chi connectivity index (χ0v) is 13.5. The molecule has 1 fully saturated rings. The summed E-state index contributed by atoms with van der Waals surface area (Å²) in [5.74, 6) is -3.46. The summed E-state index contributed by atoms with van der Waals surface area (Å²) in [7, 11) is 0. The van der Waals surface area contributed by atoms with Crippen molar-refractivity contribution in [3.63, 3.8) is 0 Å². The molecule has 2 amide bonds. The number of hydrogen-bond donors (Lipinski definition) is 3. The van der Waals surface area contributed by atoms with Gasteiger partial charge in [0.05, 0.1) is 13.1 Å². The van der Waals surface area contributed by atoms with Crippen LogP contribution in [0.15, 0.2) is 24.3 Å². The maximum absolute atomic E-state index is 13.0. The first kappa shape index (κ1) is 19.3. The molecule has 1 aromatic rings. The van der Waals surface area contributed by atoms with E-state index >= 15 is 0 Å². The lowest BCUT2D eigenvalue weighted by Gasteiger charge is -2.14. The van der Waals surface area contributed by atoms with E-state index in [-0.39, 0.29) is 29.8 Å². The van der Waals surface area contributed by atoms with Gasteiger partial charge in [0, 0.05) is 17.2 Å². The minimum absolute atomic E-state index is 0. The standard InChI is InChI=1S/C15H19F2N3O2.ClH/c1-9-5-12(9)14(22)20-11-4-2-3-10(6-11)13(21)19-8-15(16,17)7-18;/h2-4,6,9,12H,5,7-8,18H2,1H3,(H,19,21)(H,20,22);1H. The monoisotopic (exact) mass is 347 g/mol. The van der Waals surface area contributed by atoms with Crippen molar-refractivity contribution in [3.05, 3.63) is 29.8 Å². The van der Waals surface area contributed by atoms with Gasteiger partial charge in [-0.2, -0.15) is 0 Å². The third kappa shape index (κ3) is 5.44. The summed E-state index contributed by atoms with van der Waals surface area (Å²) in [5.41, 5.74) is 5.58. The molecule has 0 heterocycles. The number of nitrogens with two attached hydrogens (primary N) is 1. The summed E-state index contributed by atoms with van der Waals surface area (Å²) in [4.78, 5) is 23.7. The summed E-state index contributed by atoms with van der Waals surface area (Å²) < 4.78 is 26.0. The Morgan fingerprint density at radius 3 is 2.61 bits per heavy atom. The molecule has 2 unspecified atom stereocenters. The molecule has 1 aliphatic rings. The van der Waals surface area contributed by atoms with Gasteiger partial charge in [0.2, 0.25) is 5.91 Å². The van der Waals surface area contributed by atoms with Crippen LogP contribution in [0, 0.1) is 11.8 Å². The van der Waals surface area contributed by atoms with Crippen molar-refractivity contribution in [2.45, 2.75) is 19.3 Å². The second-order valence-electron chi connectivity index (χ2n) is 5.63. The summed E-state index contributed by atoms with van der Waals surface area (Å²) >= 11 is 0. The SMILES string of the molecule is CC1CC1C(=O)Nc1cccc(C(=O)NCC(F)(F)CN)c1.Cl. The summed E-state index contributed by atoms with van der Waals surface area (Å²) in [6.07, 6.45) is 0.861. The van der Waals surface area contributed by atoms with Crippen molar-refractivity contribution in [2.75, 3.05) is 18.4 Å². The molecule has 0 bridgehead atoms. The van der Waals surface area contributed by atoms with Crippen molar-refractivity contribution >= 4 is 29.9 Å². The van der Waals surface area contributed by atoms with E-state index in [1.165, 1.54) is 12.1 Å². The third-order valence-electron chi connectivity index (χ3n) is 3.64. The van der Waals surface area contributed by atoms with E-state index in [4.69, 9.17) is 5.73 Å². The minimum Gasteiger partial charge on any atom is -0.346 e. The molecule has 5 nitrogen and oxygen atoms in total. The van der Waals surface area contributed by atoms with Gasteiger partial charge in [-0.05, 0) is 30.5 Å². The molecular weight excluding hydrogens is 328 g/mol. The highest BCUT2D eigenvalue weighted by Gasteiger charge is 2.39. The largest absolute Gasteiger partial charge is 0.346 e. The van der Waals surface area contributed by atoms with Gasteiger partial charge >= 0.3 is 0 Å². The van der Waals surface area contributed by atoms with E-state index in [1.54, 1.807) is 12.1 Å². The van der Waals surface area contributed by atoms with Gasteiger partial charge in [0.1, 0.15) is 0 Å². The van der Waals surface area contributed by atoms with Crippen molar-refractivity contribution in [3.8, 4) is 0 Å². The van der Waals surface area contributed by atoms with E-state index in [9.17, 15) is 18.4 Å². The van der Waals surface area contributed by atoms with E-state index in [0.717, 1.165) is 6.42 Å². The van der Waals surface area contributed by atoms with Gasteiger partial charge in [-0.25, -0.2) is 8.78 Å². The molecule has 1 aromatic carbocycles. The average Bonchev–Trinajstić information content (AvgIpc) is 3.22. The number of hydrogen-bond acceptors (Lipinski definition) is 3. The van der Waals surface area contributed by atoms with E-state index in [1.807, 2.05) is 6.92 Å². The van der Waals surface area contributed by atoms with Crippen LogP contribution in [0.4, 0.5) is 14.5 Å². The Labute approximate surface area is 139 Å². The lowest BCUT2D eigenvalue weighted by Crippen LogP contribution is -2.41. The first-order valence-corrected chi connectivity index (χ1v) is 7.09. The van der Waals surface area contributed by atoms with Gasteiger partial charge < -0.3 is 16.4 Å². The Bertz CT molecular complexity index is 584. The summed E-state index contributed by atoms with van der Waals surface area (Å²) in [6.45, 7) is 0.340. The van der Waals surface area contributed by atoms with E-state index in [2.05, 4.69) is 10.6 Å². The molecule has 2 atom stereocenters. The van der Waals surface area contributed by atoms with Crippen LogP contribution in [-0.2, 0) is 4.79 Å². The van der Waals surface area contributed by atoms with Crippen LogP contribution in [0.2, 0.25) is 0 Å². The molecule has 8 heteroatoms. The maximum Gasteiger partial charge on any atom is 0.277 e. The molecule has 0 spiro atoms.